The molecule has 0 aliphatic heterocycles. The normalized spacial score (nSPS) is 10.3. The number of halogens is 1. The quantitative estimate of drug-likeness (QED) is 0.799. The van der Waals surface area contributed by atoms with Gasteiger partial charge in [-0.3, -0.25) is 0 Å². The first kappa shape index (κ1) is 14.4. The second-order valence-electron chi connectivity index (χ2n) is 4.93. The van der Waals surface area contributed by atoms with Crippen LogP contribution in [0.3, 0.4) is 0 Å². The maximum atomic E-state index is 8.79. The zero-order valence-corrected chi connectivity index (χ0v) is 12.3. The van der Waals surface area contributed by atoms with E-state index in [9.17, 15) is 0 Å². The summed E-state index contributed by atoms with van der Waals surface area (Å²) in [5.41, 5.74) is 2.72. The number of nitrogens with zero attached hydrogens (tertiary/aromatic N) is 1. The van der Waals surface area contributed by atoms with Gasteiger partial charge in [-0.15, -0.1) is 0 Å². The summed E-state index contributed by atoms with van der Waals surface area (Å²) >= 11 is 6.11. The number of benzene rings is 2. The van der Waals surface area contributed by atoms with Crippen LogP contribution in [0.4, 0.5) is 0 Å². The molecule has 0 aromatic heterocycles. The molecule has 20 heavy (non-hydrogen) atoms. The molecule has 0 bridgehead atoms. The van der Waals surface area contributed by atoms with Crippen LogP contribution in [0, 0.1) is 11.3 Å². The Morgan fingerprint density at radius 2 is 1.85 bits per heavy atom. The maximum Gasteiger partial charge on any atom is 0.119 e. The van der Waals surface area contributed by atoms with E-state index in [2.05, 4.69) is 32.0 Å². The molecule has 0 aliphatic carbocycles. The number of hydrogen-bond donors (Lipinski definition) is 0. The van der Waals surface area contributed by atoms with Gasteiger partial charge in [0.15, 0.2) is 0 Å². The third kappa shape index (κ3) is 3.53. The second kappa shape index (κ2) is 6.45. The number of ether oxygens (including phenoxy) is 1. The van der Waals surface area contributed by atoms with E-state index in [0.29, 0.717) is 23.1 Å². The highest BCUT2D eigenvalue weighted by Crippen LogP contribution is 2.22. The summed E-state index contributed by atoms with van der Waals surface area (Å²) in [6.45, 7) is 4.71. The minimum atomic E-state index is 0.394. The third-order valence-electron chi connectivity index (χ3n) is 3.12. The van der Waals surface area contributed by atoms with E-state index in [1.807, 2.05) is 18.2 Å². The molecule has 0 heterocycles. The van der Waals surface area contributed by atoms with Crippen LogP contribution in [0.25, 0.3) is 0 Å². The first-order valence-corrected chi connectivity index (χ1v) is 6.89. The molecule has 0 spiro atoms. The van der Waals surface area contributed by atoms with Crippen molar-refractivity contribution in [1.82, 2.24) is 0 Å². The Kier molecular flexibility index (Phi) is 4.65. The van der Waals surface area contributed by atoms with Crippen LogP contribution in [-0.2, 0) is 6.61 Å². The standard InChI is InChI=1S/C17H16ClNO/c1-12(2)14-5-7-16(8-6-14)20-11-15-4-3-13(10-19)9-17(15)18/h3-9,12H,11H2,1-2H3. The van der Waals surface area contributed by atoms with E-state index in [1.165, 1.54) is 5.56 Å². The third-order valence-corrected chi connectivity index (χ3v) is 3.48. The average molecular weight is 286 g/mol. The van der Waals surface area contributed by atoms with Gasteiger partial charge in [-0.05, 0) is 35.7 Å². The van der Waals surface area contributed by atoms with Gasteiger partial charge in [0.05, 0.1) is 11.6 Å². The molecule has 0 unspecified atom stereocenters. The predicted molar refractivity (Wildman–Crippen MR) is 81.0 cm³/mol. The molecule has 0 fully saturated rings. The zero-order chi connectivity index (χ0) is 14.5. The van der Waals surface area contributed by atoms with Crippen molar-refractivity contribution in [3.8, 4) is 11.8 Å². The Labute approximate surface area is 124 Å². The molecular formula is C17H16ClNO. The van der Waals surface area contributed by atoms with Crippen molar-refractivity contribution < 1.29 is 4.74 Å². The molecule has 2 nitrogen and oxygen atoms in total. The molecule has 2 aromatic carbocycles. The van der Waals surface area contributed by atoms with Gasteiger partial charge in [0.1, 0.15) is 12.4 Å². The van der Waals surface area contributed by atoms with Crippen molar-refractivity contribution in [1.29, 1.82) is 5.26 Å². The molecular weight excluding hydrogens is 270 g/mol. The Bertz CT molecular complexity index is 626. The van der Waals surface area contributed by atoms with Crippen LogP contribution < -0.4 is 4.74 Å². The fourth-order valence-electron chi connectivity index (χ4n) is 1.84. The molecule has 102 valence electrons. The summed E-state index contributed by atoms with van der Waals surface area (Å²) in [7, 11) is 0. The van der Waals surface area contributed by atoms with Crippen LogP contribution in [-0.4, -0.2) is 0 Å². The van der Waals surface area contributed by atoms with Crippen molar-refractivity contribution in [2.45, 2.75) is 26.4 Å². The lowest BCUT2D eigenvalue weighted by molar-refractivity contribution is 0.306. The monoisotopic (exact) mass is 285 g/mol. The van der Waals surface area contributed by atoms with E-state index in [4.69, 9.17) is 21.6 Å². The van der Waals surface area contributed by atoms with E-state index in [0.717, 1.165) is 11.3 Å². The Hall–Kier alpha value is -1.98. The fraction of sp³-hybridized carbons (Fsp3) is 0.235. The molecule has 0 atom stereocenters. The van der Waals surface area contributed by atoms with Crippen LogP contribution in [0.2, 0.25) is 5.02 Å². The van der Waals surface area contributed by atoms with Crippen molar-refractivity contribution >= 4 is 11.6 Å². The van der Waals surface area contributed by atoms with E-state index in [1.54, 1.807) is 12.1 Å². The number of hydrogen-bond acceptors (Lipinski definition) is 2. The first-order valence-electron chi connectivity index (χ1n) is 6.51. The number of rotatable bonds is 4. The maximum absolute atomic E-state index is 8.79. The Morgan fingerprint density at radius 3 is 2.40 bits per heavy atom. The van der Waals surface area contributed by atoms with Crippen molar-refractivity contribution in [3.63, 3.8) is 0 Å². The highest BCUT2D eigenvalue weighted by molar-refractivity contribution is 6.31. The van der Waals surface area contributed by atoms with Gasteiger partial charge in [0, 0.05) is 10.6 Å². The van der Waals surface area contributed by atoms with Crippen molar-refractivity contribution in [3.05, 3.63) is 64.2 Å². The minimum absolute atomic E-state index is 0.394. The first-order chi connectivity index (χ1) is 9.60. The second-order valence-corrected chi connectivity index (χ2v) is 5.34. The fourth-order valence-corrected chi connectivity index (χ4v) is 2.08. The molecule has 0 saturated carbocycles. The molecule has 0 radical (unpaired) electrons. The van der Waals surface area contributed by atoms with Gasteiger partial charge in [0.25, 0.3) is 0 Å². The Balaban J connectivity index is 2.03. The van der Waals surface area contributed by atoms with E-state index < -0.39 is 0 Å². The lowest BCUT2D eigenvalue weighted by Crippen LogP contribution is -1.97. The summed E-state index contributed by atoms with van der Waals surface area (Å²) in [5, 5.41) is 9.35. The number of nitriles is 1. The lowest BCUT2D eigenvalue weighted by Gasteiger charge is -2.10. The average Bonchev–Trinajstić information content (AvgIpc) is 2.46. The molecule has 0 N–H and O–H groups in total. The van der Waals surface area contributed by atoms with Gasteiger partial charge in [-0.2, -0.15) is 5.26 Å². The highest BCUT2D eigenvalue weighted by Gasteiger charge is 2.04. The van der Waals surface area contributed by atoms with Crippen molar-refractivity contribution in [2.24, 2.45) is 0 Å². The van der Waals surface area contributed by atoms with Gasteiger partial charge in [-0.1, -0.05) is 43.6 Å². The summed E-state index contributed by atoms with van der Waals surface area (Å²) in [6.07, 6.45) is 0. The lowest BCUT2D eigenvalue weighted by atomic mass is 10.0. The van der Waals surface area contributed by atoms with Gasteiger partial charge in [-0.25, -0.2) is 0 Å². The van der Waals surface area contributed by atoms with Crippen LogP contribution >= 0.6 is 11.6 Å². The molecule has 0 aliphatic rings. The van der Waals surface area contributed by atoms with Gasteiger partial charge >= 0.3 is 0 Å². The van der Waals surface area contributed by atoms with E-state index >= 15 is 0 Å². The summed E-state index contributed by atoms with van der Waals surface area (Å²) in [4.78, 5) is 0. The van der Waals surface area contributed by atoms with Gasteiger partial charge < -0.3 is 4.74 Å². The van der Waals surface area contributed by atoms with Crippen molar-refractivity contribution in [2.75, 3.05) is 0 Å². The molecule has 2 aromatic rings. The summed E-state index contributed by atoms with van der Waals surface area (Å²) in [5.74, 6) is 1.33. The molecule has 0 amide bonds. The smallest absolute Gasteiger partial charge is 0.119 e. The van der Waals surface area contributed by atoms with E-state index in [-0.39, 0.29) is 0 Å². The summed E-state index contributed by atoms with van der Waals surface area (Å²) in [6, 6.07) is 15.4. The van der Waals surface area contributed by atoms with Gasteiger partial charge in [0.2, 0.25) is 0 Å². The zero-order valence-electron chi connectivity index (χ0n) is 11.6. The molecule has 0 saturated heterocycles. The molecule has 3 heteroatoms. The minimum Gasteiger partial charge on any atom is -0.489 e. The largest absolute Gasteiger partial charge is 0.489 e. The van der Waals surface area contributed by atoms with Crippen LogP contribution in [0.15, 0.2) is 42.5 Å². The highest BCUT2D eigenvalue weighted by atomic mass is 35.5. The van der Waals surface area contributed by atoms with Crippen LogP contribution in [0.1, 0.15) is 36.5 Å². The summed E-state index contributed by atoms with van der Waals surface area (Å²) < 4.78 is 5.71. The van der Waals surface area contributed by atoms with Crippen LogP contribution in [0.5, 0.6) is 5.75 Å². The predicted octanol–water partition coefficient (Wildman–Crippen LogP) is 4.91. The topological polar surface area (TPSA) is 33.0 Å². The Morgan fingerprint density at radius 1 is 1.15 bits per heavy atom. The SMILES string of the molecule is CC(C)c1ccc(OCc2ccc(C#N)cc2Cl)cc1. The molecule has 2 rings (SSSR count).